The van der Waals surface area contributed by atoms with Crippen LogP contribution in [0.15, 0.2) is 40.4 Å². The lowest BCUT2D eigenvalue weighted by Gasteiger charge is -2.04. The number of carbonyl (C=O) groups is 1. The number of hydrogen-bond acceptors (Lipinski definition) is 5. The SMILES string of the molecule is Cc1cc(C(=O)CSc2nncn2Cc2ccco2)c(C)n1C. The van der Waals surface area contributed by atoms with Gasteiger partial charge in [-0.2, -0.15) is 0 Å². The summed E-state index contributed by atoms with van der Waals surface area (Å²) in [5, 5.41) is 8.72. The Balaban J connectivity index is 1.68. The highest BCUT2D eigenvalue weighted by Crippen LogP contribution is 2.20. The van der Waals surface area contributed by atoms with E-state index in [1.165, 1.54) is 11.8 Å². The van der Waals surface area contributed by atoms with Gasteiger partial charge in [0.15, 0.2) is 10.9 Å². The molecule has 0 saturated carbocycles. The largest absolute Gasteiger partial charge is 0.467 e. The Labute approximate surface area is 138 Å². The first-order chi connectivity index (χ1) is 11.1. The molecular formula is C16H18N4O2S. The summed E-state index contributed by atoms with van der Waals surface area (Å²) in [5.41, 5.74) is 2.84. The van der Waals surface area contributed by atoms with Crippen LogP contribution >= 0.6 is 11.8 Å². The molecule has 0 saturated heterocycles. The van der Waals surface area contributed by atoms with Gasteiger partial charge in [0.1, 0.15) is 12.1 Å². The van der Waals surface area contributed by atoms with Gasteiger partial charge < -0.3 is 13.6 Å². The smallest absolute Gasteiger partial charge is 0.191 e. The fourth-order valence-electron chi connectivity index (χ4n) is 2.38. The molecule has 3 aromatic rings. The summed E-state index contributed by atoms with van der Waals surface area (Å²) in [4.78, 5) is 12.4. The first kappa shape index (κ1) is 15.6. The van der Waals surface area contributed by atoms with Crippen LogP contribution in [-0.2, 0) is 13.6 Å². The van der Waals surface area contributed by atoms with Crippen LogP contribution in [0.3, 0.4) is 0 Å². The standard InChI is InChI=1S/C16H18N4O2S/c1-11-7-14(12(2)19(11)3)15(21)9-23-16-18-17-10-20(16)8-13-5-4-6-22-13/h4-7,10H,8-9H2,1-3H3. The van der Waals surface area contributed by atoms with Crippen LogP contribution in [0.1, 0.15) is 27.5 Å². The van der Waals surface area contributed by atoms with E-state index in [0.717, 1.165) is 22.7 Å². The topological polar surface area (TPSA) is 65.8 Å². The van der Waals surface area contributed by atoms with Gasteiger partial charge in [-0.15, -0.1) is 10.2 Å². The molecule has 0 amide bonds. The Morgan fingerprint density at radius 2 is 2.22 bits per heavy atom. The Morgan fingerprint density at radius 1 is 1.39 bits per heavy atom. The number of nitrogens with zero attached hydrogens (tertiary/aromatic N) is 4. The highest BCUT2D eigenvalue weighted by molar-refractivity contribution is 7.99. The lowest BCUT2D eigenvalue weighted by molar-refractivity contribution is 0.102. The third-order valence-electron chi connectivity index (χ3n) is 3.89. The van der Waals surface area contributed by atoms with Crippen molar-refractivity contribution in [1.29, 1.82) is 0 Å². The molecule has 3 heterocycles. The van der Waals surface area contributed by atoms with Crippen LogP contribution in [-0.4, -0.2) is 30.9 Å². The molecule has 0 aliphatic heterocycles. The van der Waals surface area contributed by atoms with E-state index in [9.17, 15) is 4.79 Å². The number of ketones is 1. The number of aryl methyl sites for hydroxylation is 1. The number of furan rings is 1. The fourth-order valence-corrected chi connectivity index (χ4v) is 3.18. The van der Waals surface area contributed by atoms with E-state index in [4.69, 9.17) is 4.42 Å². The van der Waals surface area contributed by atoms with Gasteiger partial charge in [-0.25, -0.2) is 0 Å². The van der Waals surface area contributed by atoms with Crippen molar-refractivity contribution in [2.24, 2.45) is 7.05 Å². The van der Waals surface area contributed by atoms with Gasteiger partial charge in [0.25, 0.3) is 0 Å². The number of aromatic nitrogens is 4. The summed E-state index contributed by atoms with van der Waals surface area (Å²) in [6, 6.07) is 5.68. The number of hydrogen-bond donors (Lipinski definition) is 0. The average Bonchev–Trinajstić information content (AvgIpc) is 3.25. The van der Waals surface area contributed by atoms with Crippen molar-refractivity contribution in [2.75, 3.05) is 5.75 Å². The number of carbonyl (C=O) groups excluding carboxylic acids is 1. The molecule has 0 spiro atoms. The van der Waals surface area contributed by atoms with E-state index in [2.05, 4.69) is 10.2 Å². The molecule has 0 N–H and O–H groups in total. The maximum Gasteiger partial charge on any atom is 0.191 e. The Kier molecular flexibility index (Phi) is 4.38. The Hall–Kier alpha value is -2.28. The molecule has 120 valence electrons. The second kappa shape index (κ2) is 6.45. The van der Waals surface area contributed by atoms with Gasteiger partial charge in [0, 0.05) is 24.0 Å². The monoisotopic (exact) mass is 330 g/mol. The minimum Gasteiger partial charge on any atom is -0.467 e. The van der Waals surface area contributed by atoms with Gasteiger partial charge in [-0.05, 0) is 32.0 Å². The molecule has 7 heteroatoms. The van der Waals surface area contributed by atoms with Gasteiger partial charge in [-0.3, -0.25) is 4.79 Å². The van der Waals surface area contributed by atoms with E-state index in [1.807, 2.05) is 48.2 Å². The van der Waals surface area contributed by atoms with Gasteiger partial charge in [0.2, 0.25) is 0 Å². The maximum absolute atomic E-state index is 12.4. The molecule has 0 aliphatic carbocycles. The van der Waals surface area contributed by atoms with Gasteiger partial charge in [0.05, 0.1) is 18.6 Å². The van der Waals surface area contributed by atoms with Crippen molar-refractivity contribution in [3.8, 4) is 0 Å². The summed E-state index contributed by atoms with van der Waals surface area (Å²) in [6.45, 7) is 4.52. The van der Waals surface area contributed by atoms with Crippen LogP contribution in [0, 0.1) is 13.8 Å². The first-order valence-corrected chi connectivity index (χ1v) is 8.24. The average molecular weight is 330 g/mol. The van der Waals surface area contributed by atoms with Crippen LogP contribution < -0.4 is 0 Å². The first-order valence-electron chi connectivity index (χ1n) is 7.25. The molecule has 0 atom stereocenters. The summed E-state index contributed by atoms with van der Waals surface area (Å²) >= 11 is 1.39. The van der Waals surface area contributed by atoms with Gasteiger partial charge in [-0.1, -0.05) is 11.8 Å². The molecule has 0 fully saturated rings. The third-order valence-corrected chi connectivity index (χ3v) is 4.88. The number of thioether (sulfide) groups is 1. The normalized spacial score (nSPS) is 11.1. The van der Waals surface area contributed by atoms with Crippen molar-refractivity contribution in [3.05, 3.63) is 53.5 Å². The highest BCUT2D eigenvalue weighted by atomic mass is 32.2. The van der Waals surface area contributed by atoms with E-state index in [1.54, 1.807) is 12.6 Å². The third kappa shape index (κ3) is 3.24. The zero-order chi connectivity index (χ0) is 16.4. The van der Waals surface area contributed by atoms with E-state index < -0.39 is 0 Å². The second-order valence-corrected chi connectivity index (χ2v) is 6.32. The van der Waals surface area contributed by atoms with Crippen LogP contribution in [0.5, 0.6) is 0 Å². The van der Waals surface area contributed by atoms with Crippen molar-refractivity contribution in [2.45, 2.75) is 25.5 Å². The lowest BCUT2D eigenvalue weighted by Crippen LogP contribution is -2.06. The Bertz CT molecular complexity index is 817. The molecule has 3 rings (SSSR count). The van der Waals surface area contributed by atoms with E-state index in [-0.39, 0.29) is 5.78 Å². The minimum absolute atomic E-state index is 0.101. The number of rotatable bonds is 6. The van der Waals surface area contributed by atoms with Gasteiger partial charge >= 0.3 is 0 Å². The summed E-state index contributed by atoms with van der Waals surface area (Å²) < 4.78 is 9.23. The molecule has 0 unspecified atom stereocenters. The van der Waals surface area contributed by atoms with Crippen molar-refractivity contribution in [3.63, 3.8) is 0 Å². The molecule has 23 heavy (non-hydrogen) atoms. The minimum atomic E-state index is 0.101. The number of Topliss-reactive ketones (excluding diaryl/α,β-unsaturated/α-hetero) is 1. The molecule has 0 aliphatic rings. The fraction of sp³-hybridized carbons (Fsp3) is 0.312. The van der Waals surface area contributed by atoms with Crippen molar-refractivity contribution >= 4 is 17.5 Å². The quantitative estimate of drug-likeness (QED) is 0.513. The molecule has 0 bridgehead atoms. The van der Waals surface area contributed by atoms with E-state index >= 15 is 0 Å². The maximum atomic E-state index is 12.4. The predicted molar refractivity (Wildman–Crippen MR) is 87.8 cm³/mol. The lowest BCUT2D eigenvalue weighted by atomic mass is 10.2. The summed E-state index contributed by atoms with van der Waals surface area (Å²) in [6.07, 6.45) is 3.28. The highest BCUT2D eigenvalue weighted by Gasteiger charge is 2.16. The second-order valence-electron chi connectivity index (χ2n) is 5.38. The van der Waals surface area contributed by atoms with Crippen molar-refractivity contribution < 1.29 is 9.21 Å². The van der Waals surface area contributed by atoms with Crippen LogP contribution in [0.25, 0.3) is 0 Å². The Morgan fingerprint density at radius 3 is 2.87 bits per heavy atom. The molecular weight excluding hydrogens is 312 g/mol. The zero-order valence-corrected chi connectivity index (χ0v) is 14.1. The molecule has 0 aromatic carbocycles. The molecule has 0 radical (unpaired) electrons. The van der Waals surface area contributed by atoms with Crippen LogP contribution in [0.4, 0.5) is 0 Å². The zero-order valence-electron chi connectivity index (χ0n) is 13.3. The summed E-state index contributed by atoms with van der Waals surface area (Å²) in [5.74, 6) is 1.26. The predicted octanol–water partition coefficient (Wildman–Crippen LogP) is 2.85. The molecule has 3 aromatic heterocycles. The summed E-state index contributed by atoms with van der Waals surface area (Å²) in [7, 11) is 1.97. The van der Waals surface area contributed by atoms with Crippen molar-refractivity contribution in [1.82, 2.24) is 19.3 Å². The van der Waals surface area contributed by atoms with E-state index in [0.29, 0.717) is 17.5 Å². The molecule has 6 nitrogen and oxygen atoms in total. The van der Waals surface area contributed by atoms with Crippen LogP contribution in [0.2, 0.25) is 0 Å².